The number of rotatable bonds is 6. The van der Waals surface area contributed by atoms with Crippen molar-refractivity contribution in [2.24, 2.45) is 0 Å². The van der Waals surface area contributed by atoms with Crippen LogP contribution in [0.1, 0.15) is 17.5 Å². The summed E-state index contributed by atoms with van der Waals surface area (Å²) in [7, 11) is -4.12. The van der Waals surface area contributed by atoms with Gasteiger partial charge in [-0.3, -0.25) is 9.59 Å². The Bertz CT molecular complexity index is 1310. The van der Waals surface area contributed by atoms with Gasteiger partial charge in [0.05, 0.1) is 17.0 Å². The zero-order valence-corrected chi connectivity index (χ0v) is 20.8. The summed E-state index contributed by atoms with van der Waals surface area (Å²) in [6, 6.07) is 18.7. The minimum atomic E-state index is -4.12. The molecular weight excluding hydrogens is 528 g/mol. The van der Waals surface area contributed by atoms with E-state index in [4.69, 9.17) is 11.6 Å². The second kappa shape index (κ2) is 9.38. The molecule has 2 amide bonds. The minimum Gasteiger partial charge on any atom is -0.274 e. The number of hydrogen-bond acceptors (Lipinski definition) is 4. The van der Waals surface area contributed by atoms with Gasteiger partial charge in [0.25, 0.3) is 5.91 Å². The van der Waals surface area contributed by atoms with Gasteiger partial charge in [-0.1, -0.05) is 63.4 Å². The van der Waals surface area contributed by atoms with Gasteiger partial charge in [0, 0.05) is 16.0 Å². The van der Waals surface area contributed by atoms with Crippen LogP contribution in [-0.4, -0.2) is 30.6 Å². The van der Waals surface area contributed by atoms with Crippen LogP contribution in [-0.2, 0) is 26.2 Å². The average Bonchev–Trinajstić information content (AvgIpc) is 3.07. The fraction of sp³-hybridized carbons (Fsp3) is 0.167. The van der Waals surface area contributed by atoms with Crippen molar-refractivity contribution in [1.82, 2.24) is 4.31 Å². The first kappa shape index (κ1) is 23.6. The fourth-order valence-electron chi connectivity index (χ4n) is 3.71. The third kappa shape index (κ3) is 4.75. The summed E-state index contributed by atoms with van der Waals surface area (Å²) in [6.07, 6.45) is -0.259. The number of anilines is 1. The molecule has 0 bridgehead atoms. The first-order chi connectivity index (χ1) is 15.7. The number of amides is 2. The number of imide groups is 1. The Morgan fingerprint density at radius 3 is 2.27 bits per heavy atom. The van der Waals surface area contributed by atoms with Crippen LogP contribution < -0.4 is 4.90 Å². The molecule has 170 valence electrons. The highest BCUT2D eigenvalue weighted by atomic mass is 79.9. The Kier molecular flexibility index (Phi) is 6.72. The second-order valence-electron chi connectivity index (χ2n) is 7.72. The summed E-state index contributed by atoms with van der Waals surface area (Å²) < 4.78 is 29.2. The predicted octanol–water partition coefficient (Wildman–Crippen LogP) is 4.93. The van der Waals surface area contributed by atoms with Crippen molar-refractivity contribution < 1.29 is 18.0 Å². The van der Waals surface area contributed by atoms with E-state index in [1.54, 1.807) is 60.7 Å². The van der Waals surface area contributed by atoms with E-state index in [1.165, 1.54) is 12.1 Å². The van der Waals surface area contributed by atoms with Crippen molar-refractivity contribution in [3.05, 3.63) is 93.4 Å². The van der Waals surface area contributed by atoms with Crippen LogP contribution in [0.4, 0.5) is 5.69 Å². The Morgan fingerprint density at radius 2 is 1.64 bits per heavy atom. The number of nitrogens with zero attached hydrogens (tertiary/aromatic N) is 2. The first-order valence-electron chi connectivity index (χ1n) is 10.1. The molecule has 0 aromatic heterocycles. The maximum atomic E-state index is 13.7. The molecule has 0 radical (unpaired) electrons. The molecule has 0 aliphatic carbocycles. The SMILES string of the molecule is Cc1ccc(S(=O)(=O)N(Cc2ccccc2Cl)C2CC(=O)N(c3ccc(Br)cc3)C2=O)cc1. The summed E-state index contributed by atoms with van der Waals surface area (Å²) in [4.78, 5) is 27.3. The molecule has 0 N–H and O–H groups in total. The van der Waals surface area contributed by atoms with Gasteiger partial charge in [-0.05, 0) is 55.0 Å². The second-order valence-corrected chi connectivity index (χ2v) is 10.9. The largest absolute Gasteiger partial charge is 0.274 e. The van der Waals surface area contributed by atoms with E-state index in [-0.39, 0.29) is 17.9 Å². The average molecular weight is 548 g/mol. The first-order valence-corrected chi connectivity index (χ1v) is 12.7. The maximum absolute atomic E-state index is 13.7. The summed E-state index contributed by atoms with van der Waals surface area (Å²) in [5.41, 5.74) is 1.83. The monoisotopic (exact) mass is 546 g/mol. The number of halogens is 2. The Labute approximate surface area is 206 Å². The van der Waals surface area contributed by atoms with E-state index in [0.717, 1.165) is 19.2 Å². The minimum absolute atomic E-state index is 0.0440. The molecule has 4 rings (SSSR count). The molecule has 1 fully saturated rings. The lowest BCUT2D eigenvalue weighted by Gasteiger charge is -2.27. The summed E-state index contributed by atoms with van der Waals surface area (Å²) in [5.74, 6) is -1.05. The number of hydrogen-bond donors (Lipinski definition) is 0. The number of aryl methyl sites for hydroxylation is 1. The summed E-state index contributed by atoms with van der Waals surface area (Å²) in [6.45, 7) is 1.71. The van der Waals surface area contributed by atoms with Crippen LogP contribution in [0.3, 0.4) is 0 Å². The molecule has 9 heteroatoms. The lowest BCUT2D eigenvalue weighted by atomic mass is 10.2. The van der Waals surface area contributed by atoms with Crippen molar-refractivity contribution >= 4 is 55.1 Å². The molecule has 3 aromatic rings. The van der Waals surface area contributed by atoms with Crippen molar-refractivity contribution in [1.29, 1.82) is 0 Å². The molecule has 1 aliphatic rings. The molecule has 1 unspecified atom stereocenters. The Morgan fingerprint density at radius 1 is 1.00 bits per heavy atom. The van der Waals surface area contributed by atoms with Crippen molar-refractivity contribution in [3.63, 3.8) is 0 Å². The lowest BCUT2D eigenvalue weighted by molar-refractivity contribution is -0.122. The van der Waals surface area contributed by atoms with Crippen LogP contribution in [0.15, 0.2) is 82.2 Å². The van der Waals surface area contributed by atoms with Crippen molar-refractivity contribution in [2.45, 2.75) is 30.8 Å². The molecule has 0 saturated carbocycles. The zero-order valence-electron chi connectivity index (χ0n) is 17.6. The van der Waals surface area contributed by atoms with Gasteiger partial charge in [0.2, 0.25) is 15.9 Å². The van der Waals surface area contributed by atoms with Crippen LogP contribution in [0, 0.1) is 6.92 Å². The van der Waals surface area contributed by atoms with E-state index in [2.05, 4.69) is 15.9 Å². The van der Waals surface area contributed by atoms with Crippen LogP contribution >= 0.6 is 27.5 Å². The molecular formula is C24H20BrClN2O4S. The highest BCUT2D eigenvalue weighted by Crippen LogP contribution is 2.32. The van der Waals surface area contributed by atoms with Gasteiger partial charge < -0.3 is 0 Å². The van der Waals surface area contributed by atoms with Gasteiger partial charge in [0.1, 0.15) is 6.04 Å². The molecule has 1 aliphatic heterocycles. The van der Waals surface area contributed by atoms with E-state index >= 15 is 0 Å². The number of carbonyl (C=O) groups is 2. The van der Waals surface area contributed by atoms with Crippen LogP contribution in [0.5, 0.6) is 0 Å². The van der Waals surface area contributed by atoms with Crippen LogP contribution in [0.2, 0.25) is 5.02 Å². The maximum Gasteiger partial charge on any atom is 0.252 e. The number of sulfonamides is 1. The number of carbonyl (C=O) groups excluding carboxylic acids is 2. The quantitative estimate of drug-likeness (QED) is 0.410. The van der Waals surface area contributed by atoms with Gasteiger partial charge in [-0.15, -0.1) is 0 Å². The van der Waals surface area contributed by atoms with E-state index < -0.39 is 27.9 Å². The van der Waals surface area contributed by atoms with E-state index in [0.29, 0.717) is 16.3 Å². The van der Waals surface area contributed by atoms with Gasteiger partial charge in [-0.2, -0.15) is 4.31 Å². The van der Waals surface area contributed by atoms with Crippen LogP contribution in [0.25, 0.3) is 0 Å². The topological polar surface area (TPSA) is 74.8 Å². The zero-order chi connectivity index (χ0) is 23.8. The fourth-order valence-corrected chi connectivity index (χ4v) is 5.72. The molecule has 1 atom stereocenters. The van der Waals surface area contributed by atoms with Crippen molar-refractivity contribution in [2.75, 3.05) is 4.90 Å². The Hall–Kier alpha value is -2.52. The van der Waals surface area contributed by atoms with E-state index in [9.17, 15) is 18.0 Å². The van der Waals surface area contributed by atoms with Gasteiger partial charge in [-0.25, -0.2) is 13.3 Å². The molecule has 0 spiro atoms. The molecule has 1 saturated heterocycles. The molecule has 6 nitrogen and oxygen atoms in total. The van der Waals surface area contributed by atoms with Gasteiger partial charge >= 0.3 is 0 Å². The van der Waals surface area contributed by atoms with Gasteiger partial charge in [0.15, 0.2) is 0 Å². The van der Waals surface area contributed by atoms with E-state index in [1.807, 2.05) is 6.92 Å². The smallest absolute Gasteiger partial charge is 0.252 e. The molecule has 33 heavy (non-hydrogen) atoms. The normalized spacial score (nSPS) is 16.6. The standard InChI is InChI=1S/C24H20BrClN2O4S/c1-16-6-12-20(13-7-16)33(31,32)27(15-17-4-2-3-5-21(17)26)22-14-23(29)28(24(22)30)19-10-8-18(25)9-11-19/h2-13,22H,14-15H2,1H3. The third-order valence-electron chi connectivity index (χ3n) is 5.47. The molecule has 3 aromatic carbocycles. The highest BCUT2D eigenvalue weighted by Gasteiger charge is 2.47. The summed E-state index contributed by atoms with van der Waals surface area (Å²) in [5, 5.41) is 0.378. The number of benzene rings is 3. The summed E-state index contributed by atoms with van der Waals surface area (Å²) >= 11 is 9.64. The van der Waals surface area contributed by atoms with Crippen molar-refractivity contribution in [3.8, 4) is 0 Å². The lowest BCUT2D eigenvalue weighted by Crippen LogP contribution is -2.45. The third-order valence-corrected chi connectivity index (χ3v) is 8.23. The predicted molar refractivity (Wildman–Crippen MR) is 130 cm³/mol. The molecule has 1 heterocycles. The Balaban J connectivity index is 1.77. The highest BCUT2D eigenvalue weighted by molar-refractivity contribution is 9.10.